The molecule has 1 aliphatic heterocycles. The molecular weight excluding hydrogens is 360 g/mol. The van der Waals surface area contributed by atoms with E-state index in [1.807, 2.05) is 0 Å². The number of nitrogens with zero attached hydrogens (tertiary/aromatic N) is 1. The average molecular weight is 377 g/mol. The number of benzene rings is 2. The fraction of sp³-hybridized carbons (Fsp3) is 0.222. The molecule has 0 aromatic heterocycles. The highest BCUT2D eigenvalue weighted by atomic mass is 35.5. The predicted molar refractivity (Wildman–Crippen MR) is 94.3 cm³/mol. The molecule has 0 saturated carbocycles. The monoisotopic (exact) mass is 376 g/mol. The van der Waals surface area contributed by atoms with Crippen LogP contribution in [0.3, 0.4) is 0 Å². The quantitative estimate of drug-likeness (QED) is 0.617. The first-order valence-electron chi connectivity index (χ1n) is 7.76. The third kappa shape index (κ3) is 3.01. The number of para-hydroxylation sites is 1. The molecular formula is C18H17ClN2O5. The average Bonchev–Trinajstić information content (AvgIpc) is 2.67. The molecule has 0 radical (unpaired) electrons. The van der Waals surface area contributed by atoms with Crippen molar-refractivity contribution in [3.8, 4) is 17.2 Å². The van der Waals surface area contributed by atoms with Gasteiger partial charge in [0.1, 0.15) is 17.2 Å². The number of nitrogens with one attached hydrogen (secondary N) is 1. The maximum Gasteiger partial charge on any atom is 0.273 e. The van der Waals surface area contributed by atoms with Crippen molar-refractivity contribution in [3.05, 3.63) is 53.6 Å². The Balaban J connectivity index is 1.85. The maximum absolute atomic E-state index is 12.4. The third-order valence-corrected chi connectivity index (χ3v) is 4.57. The molecule has 0 aliphatic carbocycles. The van der Waals surface area contributed by atoms with E-state index in [1.165, 1.54) is 26.4 Å². The molecule has 1 aliphatic rings. The number of hydrogen-bond acceptors (Lipinski definition) is 5. The molecule has 26 heavy (non-hydrogen) atoms. The second kappa shape index (κ2) is 7.13. The van der Waals surface area contributed by atoms with E-state index in [9.17, 15) is 14.7 Å². The second-order valence-corrected chi connectivity index (χ2v) is 6.10. The number of hydrogen-bond donors (Lipinski definition) is 2. The Kier molecular flexibility index (Phi) is 4.90. The Morgan fingerprint density at radius 2 is 1.85 bits per heavy atom. The fourth-order valence-corrected chi connectivity index (χ4v) is 3.13. The zero-order valence-corrected chi connectivity index (χ0v) is 14.9. The summed E-state index contributed by atoms with van der Waals surface area (Å²) < 4.78 is 10.5. The lowest BCUT2D eigenvalue weighted by molar-refractivity contribution is -0.149. The Hall–Kier alpha value is -2.93. The summed E-state index contributed by atoms with van der Waals surface area (Å²) in [5.41, 5.74) is 3.24. The van der Waals surface area contributed by atoms with E-state index >= 15 is 0 Å². The van der Waals surface area contributed by atoms with Gasteiger partial charge in [-0.15, -0.1) is 11.6 Å². The molecule has 7 nitrogen and oxygen atoms in total. The molecule has 2 amide bonds. The molecule has 1 fully saturated rings. The van der Waals surface area contributed by atoms with Crippen molar-refractivity contribution in [2.45, 2.75) is 11.4 Å². The van der Waals surface area contributed by atoms with E-state index in [1.54, 1.807) is 30.3 Å². The van der Waals surface area contributed by atoms with E-state index in [0.29, 0.717) is 17.1 Å². The van der Waals surface area contributed by atoms with Crippen LogP contribution < -0.4 is 14.9 Å². The number of phenols is 1. The van der Waals surface area contributed by atoms with E-state index in [4.69, 9.17) is 21.1 Å². The number of halogens is 1. The van der Waals surface area contributed by atoms with E-state index in [-0.39, 0.29) is 11.3 Å². The van der Waals surface area contributed by atoms with Gasteiger partial charge in [0.15, 0.2) is 11.5 Å². The van der Waals surface area contributed by atoms with Gasteiger partial charge >= 0.3 is 0 Å². The molecule has 8 heteroatoms. The molecule has 2 atom stereocenters. The van der Waals surface area contributed by atoms with Gasteiger partial charge in [0.05, 0.1) is 19.8 Å². The van der Waals surface area contributed by atoms with Gasteiger partial charge in [-0.1, -0.05) is 18.2 Å². The summed E-state index contributed by atoms with van der Waals surface area (Å²) in [7, 11) is 3.02. The number of amides is 2. The normalized spacial score (nSPS) is 18.9. The van der Waals surface area contributed by atoms with Crippen LogP contribution in [0.4, 0.5) is 0 Å². The Morgan fingerprint density at radius 1 is 1.15 bits per heavy atom. The molecule has 3 rings (SSSR count). The molecule has 2 N–H and O–H groups in total. The van der Waals surface area contributed by atoms with E-state index in [2.05, 4.69) is 5.43 Å². The standard InChI is InChI=1S/C18H17ClN2O5/c1-25-13-8-7-10(9-14(13)26-2)16-15(19)18(24)21(16)20-17(23)11-5-3-4-6-12(11)22/h3-9,15-16,22H,1-2H3,(H,20,23)/t15-,16+/m1/s1. The highest BCUT2D eigenvalue weighted by molar-refractivity contribution is 6.33. The lowest BCUT2D eigenvalue weighted by atomic mass is 9.95. The number of rotatable bonds is 5. The first-order valence-corrected chi connectivity index (χ1v) is 8.19. The molecule has 0 bridgehead atoms. The van der Waals surface area contributed by atoms with Crippen LogP contribution in [-0.2, 0) is 4.79 Å². The van der Waals surface area contributed by atoms with Gasteiger partial charge in [-0.05, 0) is 29.8 Å². The number of β-lactam (4-membered cyclic amide) rings is 1. The number of carbonyl (C=O) groups excluding carboxylic acids is 2. The summed E-state index contributed by atoms with van der Waals surface area (Å²) >= 11 is 6.16. The van der Waals surface area contributed by atoms with E-state index in [0.717, 1.165) is 5.01 Å². The van der Waals surface area contributed by atoms with Crippen LogP contribution in [0.5, 0.6) is 17.2 Å². The Morgan fingerprint density at radius 3 is 2.50 bits per heavy atom. The van der Waals surface area contributed by atoms with Crippen molar-refractivity contribution in [2.75, 3.05) is 14.2 Å². The summed E-state index contributed by atoms with van der Waals surface area (Å²) in [6.07, 6.45) is 0. The van der Waals surface area contributed by atoms with Crippen LogP contribution in [0, 0.1) is 0 Å². The minimum Gasteiger partial charge on any atom is -0.507 e. The van der Waals surface area contributed by atoms with Crippen LogP contribution in [0.1, 0.15) is 22.0 Å². The highest BCUT2D eigenvalue weighted by Crippen LogP contribution is 2.40. The number of methoxy groups -OCH3 is 2. The lowest BCUT2D eigenvalue weighted by Crippen LogP contribution is -2.63. The third-order valence-electron chi connectivity index (χ3n) is 4.15. The first kappa shape index (κ1) is 17.9. The predicted octanol–water partition coefficient (Wildman–Crippen LogP) is 2.25. The van der Waals surface area contributed by atoms with Crippen molar-refractivity contribution in [2.24, 2.45) is 0 Å². The minimum atomic E-state index is -0.822. The molecule has 0 spiro atoms. The number of ether oxygens (including phenoxy) is 2. The van der Waals surface area contributed by atoms with Gasteiger partial charge in [-0.25, -0.2) is 5.01 Å². The summed E-state index contributed by atoms with van der Waals surface area (Å²) in [4.78, 5) is 24.5. The van der Waals surface area contributed by atoms with Crippen LogP contribution in [0.15, 0.2) is 42.5 Å². The molecule has 2 aromatic rings. The fourth-order valence-electron chi connectivity index (χ4n) is 2.77. The van der Waals surface area contributed by atoms with Gasteiger partial charge in [0.25, 0.3) is 11.8 Å². The molecule has 0 unspecified atom stereocenters. The lowest BCUT2D eigenvalue weighted by Gasteiger charge is -2.44. The number of phenolic OH excluding ortho intramolecular Hbond substituents is 1. The highest BCUT2D eigenvalue weighted by Gasteiger charge is 2.48. The van der Waals surface area contributed by atoms with Gasteiger partial charge < -0.3 is 14.6 Å². The summed E-state index contributed by atoms with van der Waals surface area (Å²) in [5, 5.41) is 10.1. The van der Waals surface area contributed by atoms with Gasteiger partial charge in [0.2, 0.25) is 0 Å². The zero-order valence-electron chi connectivity index (χ0n) is 14.1. The van der Waals surface area contributed by atoms with Gasteiger partial charge in [-0.2, -0.15) is 0 Å². The summed E-state index contributed by atoms with van der Waals surface area (Å²) in [6, 6.07) is 10.6. The van der Waals surface area contributed by atoms with Crippen LogP contribution in [0.25, 0.3) is 0 Å². The van der Waals surface area contributed by atoms with Crippen molar-refractivity contribution in [1.29, 1.82) is 0 Å². The molecule has 2 aromatic carbocycles. The van der Waals surface area contributed by atoms with Crippen molar-refractivity contribution < 1.29 is 24.2 Å². The van der Waals surface area contributed by atoms with Gasteiger partial charge in [0, 0.05) is 0 Å². The first-order chi connectivity index (χ1) is 12.5. The number of hydrazine groups is 1. The van der Waals surface area contributed by atoms with Crippen molar-refractivity contribution >= 4 is 23.4 Å². The maximum atomic E-state index is 12.4. The second-order valence-electron chi connectivity index (χ2n) is 5.63. The summed E-state index contributed by atoms with van der Waals surface area (Å²) in [6.45, 7) is 0. The minimum absolute atomic E-state index is 0.0596. The van der Waals surface area contributed by atoms with E-state index < -0.39 is 23.2 Å². The van der Waals surface area contributed by atoms with Crippen molar-refractivity contribution in [1.82, 2.24) is 10.4 Å². The SMILES string of the molecule is COc1ccc([C@H]2[C@@H](Cl)C(=O)N2NC(=O)c2ccccc2O)cc1OC. The van der Waals surface area contributed by atoms with Crippen LogP contribution in [-0.4, -0.2) is 41.5 Å². The number of aromatic hydroxyl groups is 1. The van der Waals surface area contributed by atoms with Crippen molar-refractivity contribution in [3.63, 3.8) is 0 Å². The molecule has 1 saturated heterocycles. The molecule has 136 valence electrons. The van der Waals surface area contributed by atoms with Crippen LogP contribution >= 0.6 is 11.6 Å². The van der Waals surface area contributed by atoms with Gasteiger partial charge in [-0.3, -0.25) is 15.0 Å². The zero-order chi connectivity index (χ0) is 18.8. The van der Waals surface area contributed by atoms with Crippen LogP contribution in [0.2, 0.25) is 0 Å². The topological polar surface area (TPSA) is 88.1 Å². The summed E-state index contributed by atoms with van der Waals surface area (Å²) in [5.74, 6) is -0.193. The Bertz CT molecular complexity index is 857. The number of carbonyl (C=O) groups is 2. The molecule has 1 heterocycles. The number of alkyl halides is 1. The largest absolute Gasteiger partial charge is 0.507 e. The smallest absolute Gasteiger partial charge is 0.273 e. The Labute approximate surface area is 155 Å².